The molecule has 1 saturated heterocycles. The van der Waals surface area contributed by atoms with Crippen LogP contribution < -0.4 is 5.32 Å². The fourth-order valence-corrected chi connectivity index (χ4v) is 2.45. The Bertz CT molecular complexity index is 473. The zero-order valence-electron chi connectivity index (χ0n) is 10.8. The van der Waals surface area contributed by atoms with E-state index in [1.807, 2.05) is 0 Å². The number of hydrogen-bond acceptors (Lipinski definition) is 2. The van der Waals surface area contributed by atoms with Gasteiger partial charge in [-0.25, -0.2) is 4.39 Å². The summed E-state index contributed by atoms with van der Waals surface area (Å²) in [7, 11) is 0. The highest BCUT2D eigenvalue weighted by Gasteiger charge is 2.27. The van der Waals surface area contributed by atoms with Gasteiger partial charge in [0.25, 0.3) is 5.91 Å². The van der Waals surface area contributed by atoms with Gasteiger partial charge in [-0.1, -0.05) is 6.92 Å². The number of benzene rings is 1. The molecule has 0 atom stereocenters. The van der Waals surface area contributed by atoms with Crippen LogP contribution in [0.15, 0.2) is 22.7 Å². The van der Waals surface area contributed by atoms with Gasteiger partial charge in [-0.15, -0.1) is 0 Å². The van der Waals surface area contributed by atoms with Crippen LogP contribution in [0.5, 0.6) is 0 Å². The van der Waals surface area contributed by atoms with Crippen LogP contribution in [0.2, 0.25) is 0 Å². The van der Waals surface area contributed by atoms with E-state index in [1.54, 1.807) is 0 Å². The maximum Gasteiger partial charge on any atom is 0.251 e. The lowest BCUT2D eigenvalue weighted by molar-refractivity contribution is 0.0238. The smallest absolute Gasteiger partial charge is 0.251 e. The lowest BCUT2D eigenvalue weighted by Gasteiger charge is -2.33. The monoisotopic (exact) mass is 329 g/mol. The molecule has 1 fully saturated rings. The highest BCUT2D eigenvalue weighted by molar-refractivity contribution is 9.10. The third-order valence-electron chi connectivity index (χ3n) is 3.56. The SMILES string of the molecule is CC1(CNC(=O)c2ccc(F)c(Br)c2)CCOCC1. The minimum Gasteiger partial charge on any atom is -0.381 e. The number of halogens is 2. The number of carbonyl (C=O) groups is 1. The molecule has 1 aromatic rings. The summed E-state index contributed by atoms with van der Waals surface area (Å²) < 4.78 is 18.7. The molecule has 1 amide bonds. The van der Waals surface area contributed by atoms with Crippen molar-refractivity contribution in [2.45, 2.75) is 19.8 Å². The van der Waals surface area contributed by atoms with Gasteiger partial charge in [-0.2, -0.15) is 0 Å². The zero-order valence-corrected chi connectivity index (χ0v) is 12.4. The molecule has 19 heavy (non-hydrogen) atoms. The standard InChI is InChI=1S/C14H17BrFNO2/c1-14(4-6-19-7-5-14)9-17-13(18)10-2-3-12(16)11(15)8-10/h2-3,8H,4-7,9H2,1H3,(H,17,18). The first-order valence-electron chi connectivity index (χ1n) is 6.31. The molecular formula is C14H17BrFNO2. The lowest BCUT2D eigenvalue weighted by atomic mass is 9.82. The van der Waals surface area contributed by atoms with E-state index in [1.165, 1.54) is 18.2 Å². The van der Waals surface area contributed by atoms with Crippen molar-refractivity contribution in [1.82, 2.24) is 5.32 Å². The van der Waals surface area contributed by atoms with Crippen LogP contribution >= 0.6 is 15.9 Å². The summed E-state index contributed by atoms with van der Waals surface area (Å²) in [6.07, 6.45) is 1.89. The normalized spacial score (nSPS) is 18.1. The van der Waals surface area contributed by atoms with Gasteiger partial charge in [-0.05, 0) is 52.4 Å². The Morgan fingerprint density at radius 1 is 1.47 bits per heavy atom. The number of ether oxygens (including phenoxy) is 1. The van der Waals surface area contributed by atoms with Crippen LogP contribution in [0.4, 0.5) is 4.39 Å². The lowest BCUT2D eigenvalue weighted by Crippen LogP contribution is -2.39. The Labute approximate surface area is 120 Å². The van der Waals surface area contributed by atoms with Crippen molar-refractivity contribution >= 4 is 21.8 Å². The molecule has 1 aromatic carbocycles. The van der Waals surface area contributed by atoms with Crippen LogP contribution in [-0.4, -0.2) is 25.7 Å². The van der Waals surface area contributed by atoms with E-state index in [9.17, 15) is 9.18 Å². The van der Waals surface area contributed by atoms with Crippen molar-refractivity contribution in [2.75, 3.05) is 19.8 Å². The van der Waals surface area contributed by atoms with Crippen molar-refractivity contribution in [3.05, 3.63) is 34.1 Å². The molecule has 0 saturated carbocycles. The van der Waals surface area contributed by atoms with Crippen molar-refractivity contribution < 1.29 is 13.9 Å². The number of carbonyl (C=O) groups excluding carboxylic acids is 1. The topological polar surface area (TPSA) is 38.3 Å². The van der Waals surface area contributed by atoms with Crippen molar-refractivity contribution in [2.24, 2.45) is 5.41 Å². The quantitative estimate of drug-likeness (QED) is 0.925. The number of rotatable bonds is 3. The van der Waals surface area contributed by atoms with E-state index >= 15 is 0 Å². The maximum absolute atomic E-state index is 13.1. The predicted octanol–water partition coefficient (Wildman–Crippen LogP) is 3.13. The van der Waals surface area contributed by atoms with Crippen molar-refractivity contribution in [3.63, 3.8) is 0 Å². The van der Waals surface area contributed by atoms with Gasteiger partial charge in [0.15, 0.2) is 0 Å². The molecule has 0 aromatic heterocycles. The summed E-state index contributed by atoms with van der Waals surface area (Å²) in [6, 6.07) is 4.27. The molecule has 1 aliphatic rings. The van der Waals surface area contributed by atoms with Crippen LogP contribution in [0.25, 0.3) is 0 Å². The van der Waals surface area contributed by atoms with Crippen molar-refractivity contribution in [1.29, 1.82) is 0 Å². The molecule has 0 bridgehead atoms. The molecule has 2 rings (SSSR count). The molecule has 0 unspecified atom stereocenters. The Morgan fingerprint density at radius 2 is 2.16 bits per heavy atom. The fraction of sp³-hybridized carbons (Fsp3) is 0.500. The van der Waals surface area contributed by atoms with Gasteiger partial charge < -0.3 is 10.1 Å². The minimum absolute atomic E-state index is 0.0885. The average Bonchev–Trinajstić information content (AvgIpc) is 2.40. The molecule has 5 heteroatoms. The molecule has 1 N–H and O–H groups in total. The van der Waals surface area contributed by atoms with Gasteiger partial charge in [0, 0.05) is 25.3 Å². The van der Waals surface area contributed by atoms with Crippen LogP contribution in [0.1, 0.15) is 30.1 Å². The second kappa shape index (κ2) is 6.01. The van der Waals surface area contributed by atoms with Gasteiger partial charge in [0.2, 0.25) is 0 Å². The predicted molar refractivity (Wildman–Crippen MR) is 74.6 cm³/mol. The van der Waals surface area contributed by atoms with E-state index in [-0.39, 0.29) is 17.1 Å². The molecule has 0 radical (unpaired) electrons. The van der Waals surface area contributed by atoms with Gasteiger partial charge in [0.05, 0.1) is 4.47 Å². The summed E-state index contributed by atoms with van der Waals surface area (Å²) in [5.41, 5.74) is 0.550. The Hall–Kier alpha value is -0.940. The third kappa shape index (κ3) is 3.76. The second-order valence-electron chi connectivity index (χ2n) is 5.23. The Morgan fingerprint density at radius 3 is 2.79 bits per heavy atom. The van der Waals surface area contributed by atoms with Crippen LogP contribution in [-0.2, 0) is 4.74 Å². The second-order valence-corrected chi connectivity index (χ2v) is 6.09. The van der Waals surface area contributed by atoms with E-state index in [2.05, 4.69) is 28.2 Å². The molecule has 3 nitrogen and oxygen atoms in total. The summed E-state index contributed by atoms with van der Waals surface area (Å²) in [4.78, 5) is 12.0. The summed E-state index contributed by atoms with van der Waals surface area (Å²) in [5, 5.41) is 2.92. The molecule has 0 spiro atoms. The fourth-order valence-electron chi connectivity index (χ4n) is 2.07. The average molecular weight is 330 g/mol. The largest absolute Gasteiger partial charge is 0.381 e. The summed E-state index contributed by atoms with van der Waals surface area (Å²) in [5.74, 6) is -0.540. The molecule has 1 aliphatic heterocycles. The minimum atomic E-state index is -0.368. The summed E-state index contributed by atoms with van der Waals surface area (Å²) in [6.45, 7) is 4.25. The number of nitrogens with one attached hydrogen (secondary N) is 1. The molecular weight excluding hydrogens is 313 g/mol. The zero-order chi connectivity index (χ0) is 13.9. The van der Waals surface area contributed by atoms with Crippen LogP contribution in [0.3, 0.4) is 0 Å². The van der Waals surface area contributed by atoms with Gasteiger partial charge >= 0.3 is 0 Å². The maximum atomic E-state index is 13.1. The van der Waals surface area contributed by atoms with E-state index < -0.39 is 0 Å². The van der Waals surface area contributed by atoms with E-state index in [0.717, 1.165) is 26.1 Å². The van der Waals surface area contributed by atoms with Crippen LogP contribution in [0, 0.1) is 11.2 Å². The third-order valence-corrected chi connectivity index (χ3v) is 4.17. The first-order valence-corrected chi connectivity index (χ1v) is 7.10. The highest BCUT2D eigenvalue weighted by atomic mass is 79.9. The van der Waals surface area contributed by atoms with E-state index in [4.69, 9.17) is 4.74 Å². The number of amides is 1. The van der Waals surface area contributed by atoms with Crippen molar-refractivity contribution in [3.8, 4) is 0 Å². The first kappa shape index (κ1) is 14.5. The Balaban J connectivity index is 1.95. The molecule has 104 valence electrons. The summed E-state index contributed by atoms with van der Waals surface area (Å²) >= 11 is 3.08. The molecule has 1 heterocycles. The first-order chi connectivity index (χ1) is 9.00. The molecule has 0 aliphatic carbocycles. The highest BCUT2D eigenvalue weighted by Crippen LogP contribution is 2.28. The van der Waals surface area contributed by atoms with Gasteiger partial charge in [-0.3, -0.25) is 4.79 Å². The number of hydrogen-bond donors (Lipinski definition) is 1. The Kier molecular flexibility index (Phi) is 4.58. The van der Waals surface area contributed by atoms with E-state index in [0.29, 0.717) is 16.6 Å². The van der Waals surface area contributed by atoms with Gasteiger partial charge in [0.1, 0.15) is 5.82 Å².